The van der Waals surface area contributed by atoms with Gasteiger partial charge in [-0.25, -0.2) is 0 Å². The Morgan fingerprint density at radius 1 is 1.23 bits per heavy atom. The lowest BCUT2D eigenvalue weighted by atomic mass is 9.45. The van der Waals surface area contributed by atoms with Gasteiger partial charge in [-0.15, -0.1) is 0 Å². The standard InChI is InChI=1S/C24H33NO/c1-5-14-10-15-11-16(26)6-7-17(15)18-8-9-23(3)22(20(14)18)19-13(2)21(19)24(23,4)12-25/h11,13-14,17-22H,5-10H2,1-4H3/t13-,14+,17-,18+,19+,20+,21-,22-,23-,24-/m0/s1. The molecule has 0 unspecified atom stereocenters. The molecule has 0 heterocycles. The molecule has 2 heteroatoms. The van der Waals surface area contributed by atoms with Crippen LogP contribution in [0.3, 0.4) is 0 Å². The molecule has 0 spiro atoms. The summed E-state index contributed by atoms with van der Waals surface area (Å²) in [5.74, 6) is 6.15. The number of carbonyl (C=O) groups excluding carboxylic acids is 1. The van der Waals surface area contributed by atoms with Crippen LogP contribution in [0.4, 0.5) is 0 Å². The van der Waals surface area contributed by atoms with Gasteiger partial charge in [-0.3, -0.25) is 4.79 Å². The summed E-state index contributed by atoms with van der Waals surface area (Å²) < 4.78 is 0. The van der Waals surface area contributed by atoms with Gasteiger partial charge in [-0.2, -0.15) is 5.26 Å². The number of hydrogen-bond donors (Lipinski definition) is 0. The number of nitrogens with zero attached hydrogens (tertiary/aromatic N) is 1. The molecule has 0 N–H and O–H groups in total. The van der Waals surface area contributed by atoms with E-state index in [1.54, 1.807) is 0 Å². The van der Waals surface area contributed by atoms with E-state index in [9.17, 15) is 10.1 Å². The van der Waals surface area contributed by atoms with Crippen LogP contribution in [0, 0.1) is 69.5 Å². The lowest BCUT2D eigenvalue weighted by Crippen LogP contribution is -2.53. The Hall–Kier alpha value is -1.10. The highest BCUT2D eigenvalue weighted by molar-refractivity contribution is 5.91. The summed E-state index contributed by atoms with van der Waals surface area (Å²) in [6, 6.07) is 2.84. The van der Waals surface area contributed by atoms with E-state index in [4.69, 9.17) is 0 Å². The number of ketones is 1. The second kappa shape index (κ2) is 5.24. The lowest BCUT2D eigenvalue weighted by Gasteiger charge is -2.59. The zero-order chi connectivity index (χ0) is 18.4. The van der Waals surface area contributed by atoms with E-state index in [1.165, 1.54) is 24.8 Å². The van der Waals surface area contributed by atoms with E-state index in [2.05, 4.69) is 33.8 Å². The van der Waals surface area contributed by atoms with Crippen LogP contribution in [-0.4, -0.2) is 5.78 Å². The topological polar surface area (TPSA) is 40.9 Å². The largest absolute Gasteiger partial charge is 0.295 e. The summed E-state index contributed by atoms with van der Waals surface area (Å²) in [7, 11) is 0. The Kier molecular flexibility index (Phi) is 3.43. The Morgan fingerprint density at radius 3 is 2.69 bits per heavy atom. The molecule has 2 nitrogen and oxygen atoms in total. The molecule has 0 aromatic rings. The molecule has 0 aliphatic heterocycles. The van der Waals surface area contributed by atoms with Crippen LogP contribution in [0.1, 0.15) is 66.2 Å². The van der Waals surface area contributed by atoms with Gasteiger partial charge in [0, 0.05) is 6.42 Å². The molecule has 5 aliphatic carbocycles. The van der Waals surface area contributed by atoms with Gasteiger partial charge in [0.15, 0.2) is 5.78 Å². The fourth-order valence-electron chi connectivity index (χ4n) is 8.88. The van der Waals surface area contributed by atoms with Crippen molar-refractivity contribution in [1.82, 2.24) is 0 Å². The first-order valence-corrected chi connectivity index (χ1v) is 11.0. The fraction of sp³-hybridized carbons (Fsp3) is 0.833. The summed E-state index contributed by atoms with van der Waals surface area (Å²) in [6.07, 6.45) is 8.74. The van der Waals surface area contributed by atoms with Crippen molar-refractivity contribution in [3.05, 3.63) is 11.6 Å². The van der Waals surface area contributed by atoms with Crippen molar-refractivity contribution >= 4 is 5.78 Å². The van der Waals surface area contributed by atoms with Gasteiger partial charge in [0.1, 0.15) is 0 Å². The minimum Gasteiger partial charge on any atom is -0.295 e. The molecule has 0 aromatic heterocycles. The molecule has 0 bridgehead atoms. The SMILES string of the molecule is CC[C@@H]1CC2=CC(=O)CC[C@@H]2[C@H]2CC[C@@]3(C)[C@H]([C@H]12)[C@@H]1[C@H](C)[C@@H]1[C@]3(C)C#N. The summed E-state index contributed by atoms with van der Waals surface area (Å²) in [5, 5.41) is 10.2. The zero-order valence-electron chi connectivity index (χ0n) is 16.8. The zero-order valence-corrected chi connectivity index (χ0v) is 16.8. The Labute approximate surface area is 158 Å². The third-order valence-electron chi connectivity index (χ3n) is 10.2. The summed E-state index contributed by atoms with van der Waals surface area (Å²) in [5.41, 5.74) is 1.55. The predicted molar refractivity (Wildman–Crippen MR) is 102 cm³/mol. The molecule has 26 heavy (non-hydrogen) atoms. The molecule has 4 saturated carbocycles. The molecule has 0 amide bonds. The summed E-state index contributed by atoms with van der Waals surface area (Å²) in [4.78, 5) is 12.0. The van der Waals surface area contributed by atoms with Crippen LogP contribution in [0.2, 0.25) is 0 Å². The first-order chi connectivity index (χ1) is 12.4. The minimum atomic E-state index is -0.135. The number of rotatable bonds is 1. The van der Waals surface area contributed by atoms with Crippen molar-refractivity contribution in [3.63, 3.8) is 0 Å². The van der Waals surface area contributed by atoms with Gasteiger partial charge in [-0.1, -0.05) is 32.8 Å². The van der Waals surface area contributed by atoms with Crippen molar-refractivity contribution < 1.29 is 4.79 Å². The van der Waals surface area contributed by atoms with Crippen molar-refractivity contribution in [3.8, 4) is 6.07 Å². The number of nitriles is 1. The minimum absolute atomic E-state index is 0.135. The maximum atomic E-state index is 12.0. The van der Waals surface area contributed by atoms with Crippen molar-refractivity contribution in [1.29, 1.82) is 5.26 Å². The number of carbonyl (C=O) groups is 1. The lowest BCUT2D eigenvalue weighted by molar-refractivity contribution is -0.117. The maximum Gasteiger partial charge on any atom is 0.155 e. The Bertz CT molecular complexity index is 731. The second-order valence-corrected chi connectivity index (χ2v) is 10.7. The van der Waals surface area contributed by atoms with Crippen LogP contribution in [0.15, 0.2) is 11.6 Å². The molecule has 10 atom stereocenters. The van der Waals surface area contributed by atoms with E-state index < -0.39 is 0 Å². The predicted octanol–water partition coefficient (Wildman–Crippen LogP) is 5.40. The van der Waals surface area contributed by atoms with Gasteiger partial charge in [0.05, 0.1) is 11.5 Å². The average Bonchev–Trinajstić information content (AvgIpc) is 3.23. The smallest absolute Gasteiger partial charge is 0.155 e. The highest BCUT2D eigenvalue weighted by Crippen LogP contribution is 2.81. The number of allylic oxidation sites excluding steroid dienone is 1. The maximum absolute atomic E-state index is 12.0. The van der Waals surface area contributed by atoms with E-state index in [0.717, 1.165) is 48.9 Å². The van der Waals surface area contributed by atoms with Gasteiger partial charge in [0.2, 0.25) is 0 Å². The van der Waals surface area contributed by atoms with Gasteiger partial charge >= 0.3 is 0 Å². The molecular weight excluding hydrogens is 318 g/mol. The Balaban J connectivity index is 1.58. The first kappa shape index (κ1) is 17.0. The summed E-state index contributed by atoms with van der Waals surface area (Å²) in [6.45, 7) is 9.52. The van der Waals surface area contributed by atoms with Gasteiger partial charge in [-0.05, 0) is 91.4 Å². The molecule has 5 aliphatic rings. The number of fused-ring (bicyclic) bond motifs is 7. The van der Waals surface area contributed by atoms with E-state index in [-0.39, 0.29) is 10.8 Å². The highest BCUT2D eigenvalue weighted by atomic mass is 16.1. The van der Waals surface area contributed by atoms with E-state index in [1.807, 2.05) is 6.08 Å². The normalized spacial score (nSPS) is 57.2. The average molecular weight is 352 g/mol. The summed E-state index contributed by atoms with van der Waals surface area (Å²) >= 11 is 0. The van der Waals surface area contributed by atoms with Crippen LogP contribution < -0.4 is 0 Å². The molecule has 140 valence electrons. The van der Waals surface area contributed by atoms with Crippen molar-refractivity contribution in [2.75, 3.05) is 0 Å². The fourth-order valence-corrected chi connectivity index (χ4v) is 8.88. The molecule has 0 aromatic carbocycles. The van der Waals surface area contributed by atoms with E-state index in [0.29, 0.717) is 23.5 Å². The molecule has 0 saturated heterocycles. The van der Waals surface area contributed by atoms with Crippen LogP contribution in [0.25, 0.3) is 0 Å². The monoisotopic (exact) mass is 351 g/mol. The highest BCUT2D eigenvalue weighted by Gasteiger charge is 2.78. The quantitative estimate of drug-likeness (QED) is 0.635. The molecular formula is C24H33NO. The molecule has 5 rings (SSSR count). The van der Waals surface area contributed by atoms with Crippen molar-refractivity contribution in [2.45, 2.75) is 66.2 Å². The molecule has 0 radical (unpaired) electrons. The van der Waals surface area contributed by atoms with Crippen LogP contribution >= 0.6 is 0 Å². The third-order valence-corrected chi connectivity index (χ3v) is 10.2. The first-order valence-electron chi connectivity index (χ1n) is 11.0. The third kappa shape index (κ3) is 1.81. The van der Waals surface area contributed by atoms with Crippen LogP contribution in [0.5, 0.6) is 0 Å². The number of hydrogen-bond acceptors (Lipinski definition) is 2. The van der Waals surface area contributed by atoms with E-state index >= 15 is 0 Å². The van der Waals surface area contributed by atoms with Gasteiger partial charge < -0.3 is 0 Å². The van der Waals surface area contributed by atoms with Crippen molar-refractivity contribution in [2.24, 2.45) is 58.2 Å². The second-order valence-electron chi connectivity index (χ2n) is 10.7. The Morgan fingerprint density at radius 2 is 2.00 bits per heavy atom. The van der Waals surface area contributed by atoms with Crippen LogP contribution in [-0.2, 0) is 4.79 Å². The van der Waals surface area contributed by atoms with Gasteiger partial charge in [0.25, 0.3) is 0 Å². The molecule has 4 fully saturated rings.